The van der Waals surface area contributed by atoms with Crippen molar-refractivity contribution in [2.45, 2.75) is 211 Å². The normalized spacial score (nSPS) is 16.9. The summed E-state index contributed by atoms with van der Waals surface area (Å²) in [5, 5.41) is 26.9. The summed E-state index contributed by atoms with van der Waals surface area (Å²) in [5.74, 6) is 0. The van der Waals surface area contributed by atoms with E-state index >= 15 is 0 Å². The number of ether oxygens (including phenoxy) is 5. The van der Waals surface area contributed by atoms with Crippen LogP contribution in [-0.4, -0.2) is 195 Å². The second-order valence-electron chi connectivity index (χ2n) is 30.0. The van der Waals surface area contributed by atoms with Gasteiger partial charge in [0, 0.05) is 162 Å². The Morgan fingerprint density at radius 2 is 0.750 bits per heavy atom. The molecule has 9 heterocycles. The molecule has 0 atom stereocenters. The average molecular weight is 1380 g/mol. The van der Waals surface area contributed by atoms with E-state index in [0.717, 1.165) is 61.5 Å². The van der Waals surface area contributed by atoms with Crippen LogP contribution >= 0.6 is 0 Å². The van der Waals surface area contributed by atoms with Gasteiger partial charge in [-0.2, -0.15) is 10.5 Å². The molecule has 4 saturated heterocycles. The van der Waals surface area contributed by atoms with Gasteiger partial charge in [0.2, 0.25) is 0 Å². The number of piperidine rings is 4. The number of nitrogens with zero attached hydrogens (tertiary/aromatic N) is 15. The number of aromatic nitrogens is 10. The molecule has 0 aromatic carbocycles. The van der Waals surface area contributed by atoms with Crippen LogP contribution in [0.25, 0.3) is 0 Å². The first-order valence-electron chi connectivity index (χ1n) is 33.8. The fourth-order valence-electron chi connectivity index (χ4n) is 11.1. The summed E-state index contributed by atoms with van der Waals surface area (Å²) in [5.41, 5.74) is 6.04. The number of nitrogens with one attached hydrogen (secondary N) is 3. The zero-order chi connectivity index (χ0) is 73.9. The lowest BCUT2D eigenvalue weighted by atomic mass is 9.75. The van der Waals surface area contributed by atoms with Crippen molar-refractivity contribution >= 4 is 30.5 Å². The maximum absolute atomic E-state index is 12.4. The molecule has 5 aromatic rings. The van der Waals surface area contributed by atoms with E-state index in [4.69, 9.17) is 34.7 Å². The van der Waals surface area contributed by atoms with E-state index in [1.807, 2.05) is 110 Å². The van der Waals surface area contributed by atoms with E-state index < -0.39 is 44.9 Å². The van der Waals surface area contributed by atoms with Crippen LogP contribution in [0, 0.1) is 22.7 Å². The summed E-state index contributed by atoms with van der Waals surface area (Å²) in [6.07, 6.45) is 29.2. The third-order valence-electron chi connectivity index (χ3n) is 16.4. The number of nitriles is 2. The molecule has 0 spiro atoms. The highest BCUT2D eigenvalue weighted by molar-refractivity contribution is 5.70. The predicted octanol–water partition coefficient (Wildman–Crippen LogP) is 9.41. The number of hydrogen-bond donors (Lipinski definition) is 4. The van der Waals surface area contributed by atoms with Gasteiger partial charge in [-0.25, -0.2) is 24.0 Å². The Kier molecular flexibility index (Phi) is 29.8. The van der Waals surface area contributed by atoms with Crippen LogP contribution in [-0.2, 0) is 51.8 Å². The molecule has 29 nitrogen and oxygen atoms in total. The Morgan fingerprint density at radius 1 is 0.440 bits per heavy atom. The van der Waals surface area contributed by atoms with E-state index in [1.54, 1.807) is 108 Å². The van der Waals surface area contributed by atoms with Crippen molar-refractivity contribution in [2.75, 3.05) is 72.0 Å². The molecule has 0 radical (unpaired) electrons. The van der Waals surface area contributed by atoms with Crippen molar-refractivity contribution in [3.8, 4) is 12.1 Å². The fraction of sp³-hybridized carbons (Fsp3) is 0.620. The summed E-state index contributed by atoms with van der Waals surface area (Å²) in [6, 6.07) is 4.34. The maximum Gasteiger partial charge on any atom is 0.410 e. The monoisotopic (exact) mass is 1380 g/mol. The first-order chi connectivity index (χ1) is 47.0. The number of hydrogen-bond acceptors (Lipinski definition) is 24. The van der Waals surface area contributed by atoms with Gasteiger partial charge in [0.25, 0.3) is 0 Å². The van der Waals surface area contributed by atoms with Crippen molar-refractivity contribution in [1.82, 2.24) is 80.5 Å². The number of carbonyl (C=O) groups excluding carboxylic acids is 5. The average Bonchev–Trinajstić information content (AvgIpc) is 0.813. The van der Waals surface area contributed by atoms with Crippen LogP contribution in [0.15, 0.2) is 93.0 Å². The third-order valence-corrected chi connectivity index (χ3v) is 16.4. The van der Waals surface area contributed by atoms with Crippen molar-refractivity contribution in [2.24, 2.45) is 5.73 Å². The maximum atomic E-state index is 12.4. The Morgan fingerprint density at radius 3 is 1.05 bits per heavy atom. The van der Waals surface area contributed by atoms with Crippen LogP contribution in [0.4, 0.5) is 24.0 Å². The van der Waals surface area contributed by atoms with Crippen LogP contribution in [0.2, 0.25) is 0 Å². The van der Waals surface area contributed by atoms with Gasteiger partial charge >= 0.3 is 30.5 Å². The number of carbonyl (C=O) groups is 5. The Balaban J connectivity index is 0.000000232. The largest absolute Gasteiger partial charge is 0.444 e. The molecular formula is C71H105N19O10. The molecule has 4 fully saturated rings. The smallest absolute Gasteiger partial charge is 0.410 e. The molecule has 4 aliphatic heterocycles. The lowest BCUT2D eigenvalue weighted by molar-refractivity contribution is 0.0147. The van der Waals surface area contributed by atoms with Crippen LogP contribution in [0.5, 0.6) is 0 Å². The van der Waals surface area contributed by atoms with Gasteiger partial charge < -0.3 is 60.1 Å². The molecule has 29 heteroatoms. The van der Waals surface area contributed by atoms with Gasteiger partial charge in [-0.05, 0) is 168 Å². The van der Waals surface area contributed by atoms with Crippen molar-refractivity contribution in [3.05, 3.63) is 121 Å². The van der Waals surface area contributed by atoms with E-state index in [2.05, 4.69) is 71.9 Å². The quantitative estimate of drug-likeness (QED) is 0.0945. The van der Waals surface area contributed by atoms with Gasteiger partial charge in [0.1, 0.15) is 33.4 Å². The minimum Gasteiger partial charge on any atom is -0.444 e. The summed E-state index contributed by atoms with van der Waals surface area (Å²) in [7, 11) is 0. The van der Waals surface area contributed by atoms with Gasteiger partial charge in [-0.15, -0.1) is 0 Å². The second-order valence-corrected chi connectivity index (χ2v) is 30.0. The number of alkyl carbamates (subject to hydrolysis) is 2. The molecule has 0 aliphatic carbocycles. The van der Waals surface area contributed by atoms with E-state index in [1.165, 1.54) is 0 Å². The molecule has 100 heavy (non-hydrogen) atoms. The molecule has 0 unspecified atom stereocenters. The summed E-state index contributed by atoms with van der Waals surface area (Å²) >= 11 is 0. The van der Waals surface area contributed by atoms with Gasteiger partial charge in [0.05, 0.1) is 53.2 Å². The molecule has 9 rings (SSSR count). The third kappa shape index (κ3) is 27.1. The number of rotatable bonds is 10. The molecule has 5 amide bonds. The zero-order valence-electron chi connectivity index (χ0n) is 61.2. The summed E-state index contributed by atoms with van der Waals surface area (Å²) in [4.78, 5) is 107. The standard InChI is InChI=1S/C20H32N4O4.C15H24N4O2.C15H20N4O2.C15H24N4O2.C6H5N3/c1-18(2,3)27-16(25)23-14-20(15-13-21-9-10-22-15)7-11-24(12-8-20)17(26)28-19(4,5)6;2*1-14(2,3)21-13(20)19-8-4-15(11-16,5-9-19)12-10-17-6-7-18-12;1-14(2,3)21-13(20)19-11-15(4-6-16-7-5-15)12-10-17-8-9-18-12;7-2-1-6-5-8-3-4-9-6/h9-10,13H,7-8,11-12,14H2,1-6H3,(H,23,25);6-7,10H,4-5,8-9,11,16H2,1-3H3;6-7,10H,4-5,8-9H2,1-3H3;8-10,16H,4-7,11H2,1-3H3,(H,19,20);3-5H,1H2. The highest BCUT2D eigenvalue weighted by Gasteiger charge is 2.43. The van der Waals surface area contributed by atoms with Crippen LogP contribution < -0.4 is 21.7 Å². The highest BCUT2D eigenvalue weighted by atomic mass is 16.6. The molecule has 0 saturated carbocycles. The number of nitrogens with two attached hydrogens (primary N) is 1. The molecule has 5 N–H and O–H groups in total. The summed E-state index contributed by atoms with van der Waals surface area (Å²) < 4.78 is 26.9. The molecular weight excluding hydrogens is 1280 g/mol. The number of amides is 5. The predicted molar refractivity (Wildman–Crippen MR) is 373 cm³/mol. The Labute approximate surface area is 589 Å². The van der Waals surface area contributed by atoms with E-state index in [9.17, 15) is 29.2 Å². The highest BCUT2D eigenvalue weighted by Crippen LogP contribution is 2.37. The van der Waals surface area contributed by atoms with E-state index in [-0.39, 0.29) is 35.2 Å². The number of likely N-dealkylation sites (tertiary alicyclic amines) is 3. The first-order valence-corrected chi connectivity index (χ1v) is 33.8. The van der Waals surface area contributed by atoms with Crippen molar-refractivity contribution in [1.29, 1.82) is 10.5 Å². The first kappa shape index (κ1) is 81.3. The zero-order valence-corrected chi connectivity index (χ0v) is 61.2. The Hall–Kier alpha value is -9.35. The minimum atomic E-state index is -0.660. The lowest BCUT2D eigenvalue weighted by Gasteiger charge is -2.41. The lowest BCUT2D eigenvalue weighted by Crippen LogP contribution is -2.51. The molecule has 5 aromatic heterocycles. The minimum absolute atomic E-state index is 0.170. The SMILES string of the molecule is CC(C)(C)OC(=O)N1CCC(C#N)(c2cnccn2)CC1.CC(C)(C)OC(=O)N1CCC(CN)(c2cnccn2)CC1.CC(C)(C)OC(=O)NCC1(c2cnccn2)CCN(C(=O)OC(C)(C)C)CC1.CC(C)(C)OC(=O)NCC1(c2cnccn2)CCNCC1.N#CCc1cnccn1. The van der Waals surface area contributed by atoms with Crippen LogP contribution in [0.3, 0.4) is 0 Å². The van der Waals surface area contributed by atoms with Crippen molar-refractivity contribution in [3.63, 3.8) is 0 Å². The van der Waals surface area contributed by atoms with Gasteiger partial charge in [-0.3, -0.25) is 49.8 Å². The van der Waals surface area contributed by atoms with Gasteiger partial charge in [0.15, 0.2) is 0 Å². The molecule has 4 aliphatic rings. The van der Waals surface area contributed by atoms with Gasteiger partial charge in [-0.1, -0.05) is 0 Å². The fourth-order valence-corrected chi connectivity index (χ4v) is 11.1. The molecule has 544 valence electrons. The Bertz CT molecular complexity index is 3390. The summed E-state index contributed by atoms with van der Waals surface area (Å²) in [6.45, 7) is 34.2. The van der Waals surface area contributed by atoms with Crippen LogP contribution in [0.1, 0.15) is 184 Å². The second kappa shape index (κ2) is 36.6. The van der Waals surface area contributed by atoms with Crippen molar-refractivity contribution < 1.29 is 47.7 Å². The molecule has 0 bridgehead atoms. The topological polar surface area (TPSA) is 380 Å². The van der Waals surface area contributed by atoms with E-state index in [0.29, 0.717) is 96.7 Å².